The van der Waals surface area contributed by atoms with Crippen molar-refractivity contribution in [3.63, 3.8) is 0 Å². The summed E-state index contributed by atoms with van der Waals surface area (Å²) in [6, 6.07) is 4.96. The van der Waals surface area contributed by atoms with Gasteiger partial charge in [0.2, 0.25) is 0 Å². The molecule has 18 heavy (non-hydrogen) atoms. The molecule has 0 fully saturated rings. The fourth-order valence-electron chi connectivity index (χ4n) is 1.07. The molecular weight excluding hydrogens is 280 g/mol. The molecule has 0 aliphatic carbocycles. The van der Waals surface area contributed by atoms with Crippen LogP contribution < -0.4 is 4.74 Å². The van der Waals surface area contributed by atoms with Crippen molar-refractivity contribution in [3.05, 3.63) is 36.3 Å². The quantitative estimate of drug-likeness (QED) is 0.781. The van der Waals surface area contributed by atoms with Crippen LogP contribution in [0, 0.1) is 0 Å². The van der Waals surface area contributed by atoms with E-state index in [0.717, 1.165) is 17.5 Å². The largest absolute Gasteiger partial charge is 0.493 e. The van der Waals surface area contributed by atoms with E-state index in [9.17, 15) is 16.8 Å². The Kier molecular flexibility index (Phi) is 4.49. The molecule has 1 N–H and O–H groups in total. The van der Waals surface area contributed by atoms with Crippen molar-refractivity contribution in [1.82, 2.24) is 0 Å². The molecule has 0 spiro atoms. The molecule has 0 radical (unpaired) electrons. The molecule has 0 aliphatic rings. The molecule has 0 amide bonds. The van der Waals surface area contributed by atoms with Crippen molar-refractivity contribution in [2.45, 2.75) is 4.90 Å². The van der Waals surface area contributed by atoms with Crippen LogP contribution in [0.2, 0.25) is 0 Å². The first kappa shape index (κ1) is 14.7. The van der Waals surface area contributed by atoms with Crippen LogP contribution >= 0.6 is 0 Å². The minimum atomic E-state index is -4.23. The Bertz CT molecular complexity index is 613. The van der Waals surface area contributed by atoms with Gasteiger partial charge in [-0.25, -0.2) is 8.42 Å². The molecule has 0 bridgehead atoms. The molecular formula is C10H12O6S2. The van der Waals surface area contributed by atoms with Gasteiger partial charge in [-0.05, 0) is 24.3 Å². The van der Waals surface area contributed by atoms with E-state index in [-0.39, 0.29) is 17.3 Å². The molecule has 6 nitrogen and oxygen atoms in total. The monoisotopic (exact) mass is 292 g/mol. The van der Waals surface area contributed by atoms with Gasteiger partial charge >= 0.3 is 0 Å². The average molecular weight is 292 g/mol. The highest BCUT2D eigenvalue weighted by Crippen LogP contribution is 2.15. The van der Waals surface area contributed by atoms with Gasteiger partial charge in [0.15, 0.2) is 9.84 Å². The summed E-state index contributed by atoms with van der Waals surface area (Å²) in [7, 11) is -7.55. The van der Waals surface area contributed by atoms with Gasteiger partial charge < -0.3 is 4.74 Å². The molecule has 0 atom stereocenters. The predicted molar refractivity (Wildman–Crippen MR) is 65.7 cm³/mol. The van der Waals surface area contributed by atoms with E-state index in [1.165, 1.54) is 12.1 Å². The number of sulfone groups is 1. The predicted octanol–water partition coefficient (Wildman–Crippen LogP) is 0.870. The lowest BCUT2D eigenvalue weighted by Gasteiger charge is -2.05. The van der Waals surface area contributed by atoms with E-state index >= 15 is 0 Å². The first-order chi connectivity index (χ1) is 8.24. The van der Waals surface area contributed by atoms with Crippen molar-refractivity contribution < 1.29 is 26.1 Å². The van der Waals surface area contributed by atoms with Gasteiger partial charge in [-0.1, -0.05) is 6.58 Å². The summed E-state index contributed by atoms with van der Waals surface area (Å²) in [5.41, 5.74) is 0. The summed E-state index contributed by atoms with van der Waals surface area (Å²) in [5.74, 6) is 0.0953. The molecule has 1 rings (SSSR count). The maximum absolute atomic E-state index is 11.1. The Morgan fingerprint density at radius 3 is 2.17 bits per heavy atom. The van der Waals surface area contributed by atoms with Crippen LogP contribution in [0.5, 0.6) is 5.75 Å². The lowest BCUT2D eigenvalue weighted by molar-refractivity contribution is 0.341. The second-order valence-corrected chi connectivity index (χ2v) is 6.82. The second-order valence-electron chi connectivity index (χ2n) is 3.33. The summed E-state index contributed by atoms with van der Waals surface area (Å²) >= 11 is 0. The van der Waals surface area contributed by atoms with Crippen LogP contribution in [-0.2, 0) is 20.0 Å². The highest BCUT2D eigenvalue weighted by atomic mass is 32.2. The van der Waals surface area contributed by atoms with Gasteiger partial charge in [-0.2, -0.15) is 8.42 Å². The van der Waals surface area contributed by atoms with Crippen LogP contribution in [0.3, 0.4) is 0 Å². The molecule has 8 heteroatoms. The third-order valence-electron chi connectivity index (χ3n) is 2.01. The average Bonchev–Trinajstić information content (AvgIpc) is 2.28. The van der Waals surface area contributed by atoms with Crippen molar-refractivity contribution in [2.24, 2.45) is 0 Å². The fraction of sp³-hybridized carbons (Fsp3) is 0.200. The van der Waals surface area contributed by atoms with Crippen LogP contribution in [0.1, 0.15) is 0 Å². The van der Waals surface area contributed by atoms with E-state index < -0.39 is 20.0 Å². The second kappa shape index (κ2) is 5.51. The fourth-order valence-corrected chi connectivity index (χ4v) is 2.03. The lowest BCUT2D eigenvalue weighted by atomic mass is 10.3. The highest BCUT2D eigenvalue weighted by Gasteiger charge is 2.09. The molecule has 0 heterocycles. The lowest BCUT2D eigenvalue weighted by Crippen LogP contribution is -2.11. The van der Waals surface area contributed by atoms with Gasteiger partial charge in [-0.15, -0.1) is 0 Å². The maximum atomic E-state index is 11.1. The zero-order chi connectivity index (χ0) is 13.8. The number of benzene rings is 1. The number of hydrogen-bond donors (Lipinski definition) is 1. The van der Waals surface area contributed by atoms with Gasteiger partial charge in [0, 0.05) is 5.41 Å². The van der Waals surface area contributed by atoms with E-state index in [1.807, 2.05) is 0 Å². The van der Waals surface area contributed by atoms with Gasteiger partial charge in [0.25, 0.3) is 10.1 Å². The Balaban J connectivity index is 2.63. The molecule has 0 aromatic heterocycles. The molecule has 100 valence electrons. The first-order valence-electron chi connectivity index (χ1n) is 4.80. The summed E-state index contributed by atoms with van der Waals surface area (Å²) < 4.78 is 57.5. The SMILES string of the molecule is C=CS(=O)(=O)CCOc1ccc(S(=O)(=O)O)cc1. The summed E-state index contributed by atoms with van der Waals surface area (Å²) in [4.78, 5) is -0.256. The molecule has 0 saturated carbocycles. The zero-order valence-corrected chi connectivity index (χ0v) is 10.9. The number of hydrogen-bond acceptors (Lipinski definition) is 5. The number of rotatable bonds is 6. The van der Waals surface area contributed by atoms with Crippen molar-refractivity contribution in [3.8, 4) is 5.75 Å². The molecule has 1 aromatic carbocycles. The number of ether oxygens (including phenoxy) is 1. The Hall–Kier alpha value is -1.38. The van der Waals surface area contributed by atoms with Crippen LogP contribution in [-0.4, -0.2) is 33.7 Å². The molecule has 0 saturated heterocycles. The normalized spacial score (nSPS) is 12.1. The first-order valence-corrected chi connectivity index (χ1v) is 7.96. The topological polar surface area (TPSA) is 97.7 Å². The van der Waals surface area contributed by atoms with E-state index in [4.69, 9.17) is 9.29 Å². The van der Waals surface area contributed by atoms with Crippen molar-refractivity contribution >= 4 is 20.0 Å². The highest BCUT2D eigenvalue weighted by molar-refractivity contribution is 7.94. The summed E-state index contributed by atoms with van der Waals surface area (Å²) in [6.45, 7) is 3.09. The minimum absolute atomic E-state index is 0.0699. The Labute approximate surface area is 106 Å². The Morgan fingerprint density at radius 1 is 1.17 bits per heavy atom. The van der Waals surface area contributed by atoms with E-state index in [1.54, 1.807) is 0 Å². The van der Waals surface area contributed by atoms with Gasteiger partial charge in [-0.3, -0.25) is 4.55 Å². The zero-order valence-electron chi connectivity index (χ0n) is 9.31. The van der Waals surface area contributed by atoms with Gasteiger partial charge in [0.1, 0.15) is 12.4 Å². The van der Waals surface area contributed by atoms with Crippen molar-refractivity contribution in [2.75, 3.05) is 12.4 Å². The standard InChI is InChI=1S/C10H12O6S2/c1-2-17(11,12)8-7-16-9-3-5-10(6-4-9)18(13,14)15/h2-6H,1,7-8H2,(H,13,14,15). The maximum Gasteiger partial charge on any atom is 0.294 e. The van der Waals surface area contributed by atoms with Crippen molar-refractivity contribution in [1.29, 1.82) is 0 Å². The van der Waals surface area contributed by atoms with Gasteiger partial charge in [0.05, 0.1) is 10.6 Å². The van der Waals surface area contributed by atoms with Crippen LogP contribution in [0.4, 0.5) is 0 Å². The third-order valence-corrected chi connectivity index (χ3v) is 4.12. The molecule has 0 aliphatic heterocycles. The minimum Gasteiger partial charge on any atom is -0.493 e. The summed E-state index contributed by atoms with van der Waals surface area (Å²) in [5, 5.41) is 0.845. The van der Waals surface area contributed by atoms with Crippen LogP contribution in [0.15, 0.2) is 41.1 Å². The van der Waals surface area contributed by atoms with E-state index in [2.05, 4.69) is 6.58 Å². The Morgan fingerprint density at radius 2 is 1.72 bits per heavy atom. The third kappa shape index (κ3) is 4.47. The smallest absolute Gasteiger partial charge is 0.294 e. The summed E-state index contributed by atoms with van der Waals surface area (Å²) in [6.07, 6.45) is 0. The van der Waals surface area contributed by atoms with Crippen LogP contribution in [0.25, 0.3) is 0 Å². The molecule has 0 unspecified atom stereocenters. The molecule has 1 aromatic rings. The van der Waals surface area contributed by atoms with E-state index in [0.29, 0.717) is 5.75 Å².